The predicted molar refractivity (Wildman–Crippen MR) is 73.6 cm³/mol. The van der Waals surface area contributed by atoms with E-state index >= 15 is 0 Å². The molecular weight excluding hydrogens is 230 g/mol. The maximum Gasteiger partial charge on any atom is 0.251 e. The molecule has 0 spiro atoms. The molecule has 0 radical (unpaired) electrons. The van der Waals surface area contributed by atoms with Crippen molar-refractivity contribution in [3.8, 4) is 0 Å². The van der Waals surface area contributed by atoms with E-state index in [0.717, 1.165) is 6.42 Å². The quantitative estimate of drug-likeness (QED) is 0.592. The Bertz CT molecular complexity index is 428. The van der Waals surface area contributed by atoms with E-state index in [4.69, 9.17) is 5.73 Å². The van der Waals surface area contributed by atoms with Gasteiger partial charge in [0.1, 0.15) is 0 Å². The molecule has 0 aliphatic heterocycles. The van der Waals surface area contributed by atoms with Crippen molar-refractivity contribution in [2.24, 2.45) is 0 Å². The first-order chi connectivity index (χ1) is 8.45. The summed E-state index contributed by atoms with van der Waals surface area (Å²) in [6, 6.07) is 5.04. The van der Waals surface area contributed by atoms with E-state index in [9.17, 15) is 9.90 Å². The number of carbonyl (C=O) groups excluding carboxylic acids is 1. The number of aliphatic hydroxyl groups is 1. The van der Waals surface area contributed by atoms with E-state index in [0.29, 0.717) is 16.9 Å². The van der Waals surface area contributed by atoms with Crippen LogP contribution in [0.4, 0.5) is 11.4 Å². The number of amides is 1. The lowest BCUT2D eigenvalue weighted by atomic mass is 9.99. The van der Waals surface area contributed by atoms with Gasteiger partial charge in [-0.25, -0.2) is 0 Å². The van der Waals surface area contributed by atoms with Crippen molar-refractivity contribution in [2.45, 2.75) is 25.8 Å². The van der Waals surface area contributed by atoms with Gasteiger partial charge in [0.05, 0.1) is 23.5 Å². The van der Waals surface area contributed by atoms with Crippen LogP contribution in [0.1, 0.15) is 30.6 Å². The molecule has 0 saturated heterocycles. The van der Waals surface area contributed by atoms with Gasteiger partial charge in [0.25, 0.3) is 5.91 Å². The second-order valence-electron chi connectivity index (χ2n) is 4.58. The molecule has 5 N–H and O–H groups in total. The maximum absolute atomic E-state index is 11.6. The Morgan fingerprint density at radius 1 is 1.50 bits per heavy atom. The maximum atomic E-state index is 11.6. The van der Waals surface area contributed by atoms with Crippen LogP contribution in [-0.4, -0.2) is 30.2 Å². The first-order valence-corrected chi connectivity index (χ1v) is 5.96. The summed E-state index contributed by atoms with van der Waals surface area (Å²) in [6.07, 6.45) is 0.743. The lowest BCUT2D eigenvalue weighted by Gasteiger charge is -2.29. The van der Waals surface area contributed by atoms with Crippen LogP contribution in [0.2, 0.25) is 0 Å². The van der Waals surface area contributed by atoms with Crippen molar-refractivity contribution in [2.75, 3.05) is 24.7 Å². The van der Waals surface area contributed by atoms with Gasteiger partial charge in [-0.3, -0.25) is 4.79 Å². The summed E-state index contributed by atoms with van der Waals surface area (Å²) in [5.74, 6) is -0.166. The number of rotatable bonds is 5. The van der Waals surface area contributed by atoms with E-state index in [-0.39, 0.29) is 12.5 Å². The molecule has 0 aromatic heterocycles. The average molecular weight is 251 g/mol. The fourth-order valence-electron chi connectivity index (χ4n) is 1.51. The second-order valence-corrected chi connectivity index (χ2v) is 4.58. The minimum absolute atomic E-state index is 0.00680. The number of nitrogen functional groups attached to an aromatic ring is 1. The summed E-state index contributed by atoms with van der Waals surface area (Å²) in [6.45, 7) is 3.87. The lowest BCUT2D eigenvalue weighted by Crippen LogP contribution is -2.38. The third-order valence-corrected chi connectivity index (χ3v) is 3.11. The molecule has 0 bridgehead atoms. The highest BCUT2D eigenvalue weighted by Crippen LogP contribution is 2.25. The summed E-state index contributed by atoms with van der Waals surface area (Å²) < 4.78 is 0. The van der Waals surface area contributed by atoms with Gasteiger partial charge in [-0.2, -0.15) is 0 Å². The lowest BCUT2D eigenvalue weighted by molar-refractivity contribution is 0.0963. The molecule has 5 heteroatoms. The summed E-state index contributed by atoms with van der Waals surface area (Å²) in [4.78, 5) is 11.6. The van der Waals surface area contributed by atoms with Gasteiger partial charge in [0.15, 0.2) is 0 Å². The average Bonchev–Trinajstić information content (AvgIpc) is 2.40. The molecule has 1 atom stereocenters. The van der Waals surface area contributed by atoms with Crippen molar-refractivity contribution in [3.63, 3.8) is 0 Å². The van der Waals surface area contributed by atoms with Crippen LogP contribution in [-0.2, 0) is 0 Å². The highest BCUT2D eigenvalue weighted by atomic mass is 16.3. The van der Waals surface area contributed by atoms with Gasteiger partial charge in [0.2, 0.25) is 0 Å². The normalized spacial score (nSPS) is 13.8. The zero-order chi connectivity index (χ0) is 13.8. The first-order valence-electron chi connectivity index (χ1n) is 5.96. The third-order valence-electron chi connectivity index (χ3n) is 3.11. The van der Waals surface area contributed by atoms with Crippen LogP contribution >= 0.6 is 0 Å². The molecule has 1 aromatic rings. The number of anilines is 2. The van der Waals surface area contributed by atoms with Crippen LogP contribution in [0.25, 0.3) is 0 Å². The van der Waals surface area contributed by atoms with Crippen LogP contribution in [0.3, 0.4) is 0 Å². The first kappa shape index (κ1) is 14.3. The number of hydrogen-bond acceptors (Lipinski definition) is 4. The van der Waals surface area contributed by atoms with E-state index in [1.54, 1.807) is 25.2 Å². The number of carbonyl (C=O) groups is 1. The molecule has 1 rings (SSSR count). The molecule has 1 unspecified atom stereocenters. The number of nitrogens with two attached hydrogens (primary N) is 1. The van der Waals surface area contributed by atoms with Crippen molar-refractivity contribution in [3.05, 3.63) is 23.8 Å². The predicted octanol–water partition coefficient (Wildman–Crippen LogP) is 1.20. The molecule has 100 valence electrons. The Balaban J connectivity index is 3.04. The molecule has 0 aliphatic rings. The third kappa shape index (κ3) is 3.13. The highest BCUT2D eigenvalue weighted by molar-refractivity contribution is 5.96. The van der Waals surface area contributed by atoms with Crippen molar-refractivity contribution < 1.29 is 9.90 Å². The van der Waals surface area contributed by atoms with Gasteiger partial charge in [-0.1, -0.05) is 6.92 Å². The van der Waals surface area contributed by atoms with Gasteiger partial charge < -0.3 is 21.5 Å². The Morgan fingerprint density at radius 2 is 2.17 bits per heavy atom. The smallest absolute Gasteiger partial charge is 0.251 e. The Kier molecular flexibility index (Phi) is 4.55. The fraction of sp³-hybridized carbons (Fsp3) is 0.462. The molecule has 18 heavy (non-hydrogen) atoms. The van der Waals surface area contributed by atoms with Crippen molar-refractivity contribution >= 4 is 17.3 Å². The Morgan fingerprint density at radius 3 is 2.67 bits per heavy atom. The zero-order valence-electron chi connectivity index (χ0n) is 11.1. The molecule has 0 saturated carbocycles. The summed E-state index contributed by atoms with van der Waals surface area (Å²) >= 11 is 0. The topological polar surface area (TPSA) is 87.4 Å². The van der Waals surface area contributed by atoms with E-state index in [1.807, 2.05) is 13.8 Å². The summed E-state index contributed by atoms with van der Waals surface area (Å²) in [5, 5.41) is 15.1. The monoisotopic (exact) mass is 251 g/mol. The minimum atomic E-state index is -0.449. The number of aliphatic hydroxyl groups excluding tert-OH is 1. The molecule has 5 nitrogen and oxygen atoms in total. The highest BCUT2D eigenvalue weighted by Gasteiger charge is 2.21. The molecule has 0 aliphatic carbocycles. The standard InChI is InChI=1S/C13H21N3O2/c1-4-13(2,8-17)16-11-7-9(12(18)15-3)5-6-10(11)14/h5-7,16-17H,4,8,14H2,1-3H3,(H,15,18). The van der Waals surface area contributed by atoms with Crippen molar-refractivity contribution in [1.82, 2.24) is 5.32 Å². The van der Waals surface area contributed by atoms with E-state index in [2.05, 4.69) is 10.6 Å². The Hall–Kier alpha value is -1.75. The van der Waals surface area contributed by atoms with Gasteiger partial charge in [-0.15, -0.1) is 0 Å². The van der Waals surface area contributed by atoms with Gasteiger partial charge >= 0.3 is 0 Å². The summed E-state index contributed by atoms with van der Waals surface area (Å²) in [7, 11) is 1.58. The Labute approximate surface area is 107 Å². The van der Waals surface area contributed by atoms with Crippen molar-refractivity contribution in [1.29, 1.82) is 0 Å². The number of hydrogen-bond donors (Lipinski definition) is 4. The molecular formula is C13H21N3O2. The largest absolute Gasteiger partial charge is 0.397 e. The van der Waals surface area contributed by atoms with E-state index in [1.165, 1.54) is 0 Å². The van der Waals surface area contributed by atoms with E-state index < -0.39 is 5.54 Å². The van der Waals surface area contributed by atoms with Crippen LogP contribution in [0.5, 0.6) is 0 Å². The molecule has 1 aromatic carbocycles. The fourth-order valence-corrected chi connectivity index (χ4v) is 1.51. The SMILES string of the molecule is CCC(C)(CO)Nc1cc(C(=O)NC)ccc1N. The van der Waals surface area contributed by atoms with Crippen LogP contribution < -0.4 is 16.4 Å². The van der Waals surface area contributed by atoms with Crippen LogP contribution in [0, 0.1) is 0 Å². The number of benzene rings is 1. The minimum Gasteiger partial charge on any atom is -0.397 e. The summed E-state index contributed by atoms with van der Waals surface area (Å²) in [5.41, 5.74) is 7.17. The molecule has 0 heterocycles. The number of nitrogens with one attached hydrogen (secondary N) is 2. The molecule has 1 amide bonds. The van der Waals surface area contributed by atoms with Gasteiger partial charge in [0, 0.05) is 12.6 Å². The second kappa shape index (κ2) is 5.73. The zero-order valence-corrected chi connectivity index (χ0v) is 11.1. The van der Waals surface area contributed by atoms with Gasteiger partial charge in [-0.05, 0) is 31.5 Å². The molecule has 0 fully saturated rings. The van der Waals surface area contributed by atoms with Crippen LogP contribution in [0.15, 0.2) is 18.2 Å².